The summed E-state index contributed by atoms with van der Waals surface area (Å²) < 4.78 is 0.707. The molecule has 0 heterocycles. The van der Waals surface area contributed by atoms with Crippen LogP contribution < -0.4 is 0 Å². The largest absolute Gasteiger partial charge is 0.198 e. The molecular formula is C8H4BrCl2N. The second-order valence-electron chi connectivity index (χ2n) is 2.17. The first-order chi connectivity index (χ1) is 5.66. The van der Waals surface area contributed by atoms with E-state index in [1.54, 1.807) is 12.1 Å². The molecule has 0 unspecified atom stereocenters. The monoisotopic (exact) mass is 263 g/mol. The maximum absolute atomic E-state index is 8.46. The highest BCUT2D eigenvalue weighted by molar-refractivity contribution is 9.10. The summed E-state index contributed by atoms with van der Waals surface area (Å²) in [5.41, 5.74) is 0.854. The van der Waals surface area contributed by atoms with Crippen LogP contribution in [0.5, 0.6) is 0 Å². The van der Waals surface area contributed by atoms with E-state index in [1.807, 2.05) is 6.07 Å². The minimum Gasteiger partial charge on any atom is -0.198 e. The number of benzene rings is 1. The van der Waals surface area contributed by atoms with Crippen LogP contribution in [0.15, 0.2) is 16.6 Å². The lowest BCUT2D eigenvalue weighted by Crippen LogP contribution is -1.84. The fraction of sp³-hybridized carbons (Fsp3) is 0.125. The Bertz CT molecular complexity index is 344. The Morgan fingerprint density at radius 2 is 2.08 bits per heavy atom. The molecule has 0 radical (unpaired) electrons. The van der Waals surface area contributed by atoms with Gasteiger partial charge in [-0.25, -0.2) is 0 Å². The number of nitrogens with zero attached hydrogens (tertiary/aromatic N) is 1. The van der Waals surface area contributed by atoms with E-state index >= 15 is 0 Å². The third-order valence-corrected chi connectivity index (χ3v) is 3.32. The van der Waals surface area contributed by atoms with Crippen molar-refractivity contribution in [2.24, 2.45) is 0 Å². The van der Waals surface area contributed by atoms with Gasteiger partial charge in [0.1, 0.15) is 0 Å². The lowest BCUT2D eigenvalue weighted by Gasteiger charge is -2.02. The van der Waals surface area contributed by atoms with Crippen molar-refractivity contribution in [1.29, 1.82) is 5.26 Å². The molecule has 0 atom stereocenters. The van der Waals surface area contributed by atoms with Gasteiger partial charge < -0.3 is 0 Å². The quantitative estimate of drug-likeness (QED) is 0.708. The number of hydrogen-bond acceptors (Lipinski definition) is 1. The van der Waals surface area contributed by atoms with Crippen LogP contribution in [0.25, 0.3) is 0 Å². The topological polar surface area (TPSA) is 23.8 Å². The molecule has 0 spiro atoms. The van der Waals surface area contributed by atoms with Gasteiger partial charge in [-0.05, 0) is 27.6 Å². The summed E-state index contributed by atoms with van der Waals surface area (Å²) in [6, 6.07) is 5.50. The first-order valence-electron chi connectivity index (χ1n) is 3.16. The van der Waals surface area contributed by atoms with E-state index in [0.29, 0.717) is 20.9 Å². The number of nitriles is 1. The minimum atomic E-state index is 0.331. The standard InChI is InChI=1S/C8H4BrCl2N/c9-7-5(3-4-12)1-2-6(10)8(7)11/h1-2H,3H2. The average Bonchev–Trinajstić information content (AvgIpc) is 2.07. The van der Waals surface area contributed by atoms with Crippen molar-refractivity contribution >= 4 is 39.1 Å². The highest BCUT2D eigenvalue weighted by atomic mass is 79.9. The van der Waals surface area contributed by atoms with Gasteiger partial charge in [0.05, 0.1) is 22.5 Å². The van der Waals surface area contributed by atoms with Crippen molar-refractivity contribution in [1.82, 2.24) is 0 Å². The minimum absolute atomic E-state index is 0.331. The van der Waals surface area contributed by atoms with Crippen LogP contribution in [0, 0.1) is 11.3 Å². The van der Waals surface area contributed by atoms with E-state index in [1.165, 1.54) is 0 Å². The Hall–Kier alpha value is -0.230. The molecule has 0 aliphatic carbocycles. The molecule has 0 amide bonds. The van der Waals surface area contributed by atoms with E-state index in [4.69, 9.17) is 28.5 Å². The van der Waals surface area contributed by atoms with Crippen LogP contribution >= 0.6 is 39.1 Å². The third kappa shape index (κ3) is 1.92. The Morgan fingerprint density at radius 1 is 1.42 bits per heavy atom. The number of halogens is 3. The van der Waals surface area contributed by atoms with Gasteiger partial charge in [-0.1, -0.05) is 29.3 Å². The number of rotatable bonds is 1. The SMILES string of the molecule is N#CCc1ccc(Cl)c(Cl)c1Br. The van der Waals surface area contributed by atoms with Gasteiger partial charge in [-0.15, -0.1) is 0 Å². The third-order valence-electron chi connectivity index (χ3n) is 1.38. The molecule has 0 saturated heterocycles. The van der Waals surface area contributed by atoms with E-state index in [9.17, 15) is 0 Å². The Morgan fingerprint density at radius 3 is 2.67 bits per heavy atom. The van der Waals surface area contributed by atoms with Gasteiger partial charge in [0.2, 0.25) is 0 Å². The van der Waals surface area contributed by atoms with Gasteiger partial charge in [-0.2, -0.15) is 5.26 Å². The molecule has 0 aliphatic heterocycles. The molecule has 12 heavy (non-hydrogen) atoms. The maximum atomic E-state index is 8.46. The smallest absolute Gasteiger partial charge is 0.0737 e. The summed E-state index contributed by atoms with van der Waals surface area (Å²) in [6.45, 7) is 0. The number of hydrogen-bond donors (Lipinski definition) is 0. The fourth-order valence-corrected chi connectivity index (χ4v) is 1.73. The maximum Gasteiger partial charge on any atom is 0.0737 e. The Balaban J connectivity index is 3.19. The van der Waals surface area contributed by atoms with Crippen molar-refractivity contribution in [2.75, 3.05) is 0 Å². The van der Waals surface area contributed by atoms with Crippen molar-refractivity contribution in [2.45, 2.75) is 6.42 Å². The van der Waals surface area contributed by atoms with Crippen LogP contribution in [-0.4, -0.2) is 0 Å². The molecule has 1 nitrogen and oxygen atoms in total. The molecule has 1 aromatic rings. The first-order valence-corrected chi connectivity index (χ1v) is 4.71. The van der Waals surface area contributed by atoms with E-state index in [2.05, 4.69) is 15.9 Å². The molecule has 4 heteroatoms. The molecule has 62 valence electrons. The molecule has 1 rings (SSSR count). The van der Waals surface area contributed by atoms with Gasteiger partial charge in [-0.3, -0.25) is 0 Å². The van der Waals surface area contributed by atoms with E-state index in [-0.39, 0.29) is 0 Å². The van der Waals surface area contributed by atoms with Gasteiger partial charge in [0, 0.05) is 4.47 Å². The second kappa shape index (κ2) is 4.13. The van der Waals surface area contributed by atoms with Crippen molar-refractivity contribution in [3.63, 3.8) is 0 Å². The molecule has 0 aromatic heterocycles. The van der Waals surface area contributed by atoms with Crippen LogP contribution in [0.4, 0.5) is 0 Å². The zero-order chi connectivity index (χ0) is 9.14. The molecule has 1 aromatic carbocycles. The van der Waals surface area contributed by atoms with E-state index < -0.39 is 0 Å². The lowest BCUT2D eigenvalue weighted by molar-refractivity contribution is 1.25. The van der Waals surface area contributed by atoms with Crippen molar-refractivity contribution in [3.05, 3.63) is 32.2 Å². The zero-order valence-electron chi connectivity index (χ0n) is 5.94. The summed E-state index contributed by atoms with van der Waals surface area (Å²) in [4.78, 5) is 0. The van der Waals surface area contributed by atoms with Crippen LogP contribution in [0.2, 0.25) is 10.0 Å². The average molecular weight is 265 g/mol. The summed E-state index contributed by atoms with van der Waals surface area (Å²) in [7, 11) is 0. The van der Waals surface area contributed by atoms with Crippen molar-refractivity contribution < 1.29 is 0 Å². The first kappa shape index (κ1) is 9.85. The van der Waals surface area contributed by atoms with Crippen LogP contribution in [-0.2, 0) is 6.42 Å². The Kier molecular flexibility index (Phi) is 3.39. The summed E-state index contributed by atoms with van der Waals surface area (Å²) >= 11 is 14.8. The lowest BCUT2D eigenvalue weighted by atomic mass is 10.2. The Labute approximate surface area is 89.0 Å². The molecule has 0 bridgehead atoms. The zero-order valence-corrected chi connectivity index (χ0v) is 9.04. The van der Waals surface area contributed by atoms with E-state index in [0.717, 1.165) is 5.56 Å². The van der Waals surface area contributed by atoms with Gasteiger partial charge >= 0.3 is 0 Å². The molecular weight excluding hydrogens is 261 g/mol. The second-order valence-corrected chi connectivity index (χ2v) is 3.75. The molecule has 0 saturated carbocycles. The predicted molar refractivity (Wildman–Crippen MR) is 53.5 cm³/mol. The predicted octanol–water partition coefficient (Wildman–Crippen LogP) is 3.82. The molecule has 0 N–H and O–H groups in total. The van der Waals surface area contributed by atoms with Gasteiger partial charge in [0.15, 0.2) is 0 Å². The normalized spacial score (nSPS) is 9.50. The molecule has 0 aliphatic rings. The highest BCUT2D eigenvalue weighted by Gasteiger charge is 2.06. The fourth-order valence-electron chi connectivity index (χ4n) is 0.788. The summed E-state index contributed by atoms with van der Waals surface area (Å²) in [6.07, 6.45) is 0.331. The summed E-state index contributed by atoms with van der Waals surface area (Å²) in [5.74, 6) is 0. The highest BCUT2D eigenvalue weighted by Crippen LogP contribution is 2.32. The van der Waals surface area contributed by atoms with Crippen LogP contribution in [0.3, 0.4) is 0 Å². The van der Waals surface area contributed by atoms with Gasteiger partial charge in [0.25, 0.3) is 0 Å². The molecule has 0 fully saturated rings. The summed E-state index contributed by atoms with van der Waals surface area (Å²) in [5, 5.41) is 9.41. The van der Waals surface area contributed by atoms with Crippen molar-refractivity contribution in [3.8, 4) is 6.07 Å². The van der Waals surface area contributed by atoms with Crippen LogP contribution in [0.1, 0.15) is 5.56 Å².